The number of unbranched alkanes of at least 4 members (excludes halogenated alkanes) is 2. The molecular formula is C56H101F4N8Y-. The van der Waals surface area contributed by atoms with Crippen LogP contribution in [0.4, 0.5) is 17.6 Å². The van der Waals surface area contributed by atoms with Gasteiger partial charge in [-0.25, -0.2) is 0 Å². The topological polar surface area (TPSA) is 78.7 Å². The van der Waals surface area contributed by atoms with Gasteiger partial charge < -0.3 is 38.9 Å². The minimum Gasteiger partial charge on any atom is -0.358 e. The smallest absolute Gasteiger partial charge is 0.290 e. The van der Waals surface area contributed by atoms with Crippen LogP contribution in [-0.2, 0) is 45.6 Å². The number of rotatable bonds is 8. The molecule has 4 unspecified atom stereocenters. The summed E-state index contributed by atoms with van der Waals surface area (Å²) >= 11 is 0. The Bertz CT molecular complexity index is 1570. The first-order valence-corrected chi connectivity index (χ1v) is 26.2. The van der Waals surface area contributed by atoms with E-state index in [0.29, 0.717) is 37.1 Å². The fourth-order valence-corrected chi connectivity index (χ4v) is 9.33. The summed E-state index contributed by atoms with van der Waals surface area (Å²) in [5, 5.41) is 0. The Morgan fingerprint density at radius 3 is 1.22 bits per heavy atom. The predicted octanol–water partition coefficient (Wildman–Crippen LogP) is 14.6. The monoisotopic (exact) mass is 1050 g/mol. The molecular weight excluding hydrogens is 950 g/mol. The Hall–Kier alpha value is -2.22. The van der Waals surface area contributed by atoms with E-state index in [1.54, 1.807) is 0 Å². The number of hydrazine groups is 4. The molecule has 8 nitrogen and oxygen atoms in total. The molecule has 397 valence electrons. The number of likely N-dealkylation sites (tertiary alicyclic amines) is 2. The van der Waals surface area contributed by atoms with Crippen LogP contribution >= 0.6 is 0 Å². The van der Waals surface area contributed by atoms with E-state index in [-0.39, 0.29) is 71.8 Å². The van der Waals surface area contributed by atoms with Crippen molar-refractivity contribution >= 4 is 11.4 Å². The van der Waals surface area contributed by atoms with E-state index >= 15 is 0 Å². The Kier molecular flexibility index (Phi) is 37.4. The summed E-state index contributed by atoms with van der Waals surface area (Å²) in [5.74, 6) is -3.74. The van der Waals surface area contributed by atoms with Gasteiger partial charge in [-0.15, -0.1) is 0 Å². The van der Waals surface area contributed by atoms with Crippen molar-refractivity contribution < 1.29 is 50.3 Å². The molecule has 2 aromatic carbocycles. The molecule has 8 rings (SSSR count). The number of fused-ring (bicyclic) bond motifs is 4. The van der Waals surface area contributed by atoms with Crippen molar-refractivity contribution in [2.75, 3.05) is 26.2 Å². The molecule has 1 radical (unpaired) electrons. The summed E-state index contributed by atoms with van der Waals surface area (Å²) in [6, 6.07) is 17.1. The van der Waals surface area contributed by atoms with E-state index < -0.39 is 11.8 Å². The molecule has 2 saturated heterocycles. The molecule has 2 aromatic rings. The van der Waals surface area contributed by atoms with Crippen molar-refractivity contribution in [1.29, 1.82) is 0 Å². The van der Waals surface area contributed by atoms with Crippen molar-refractivity contribution in [2.45, 2.75) is 217 Å². The predicted molar refractivity (Wildman–Crippen MR) is 286 cm³/mol. The second-order valence-electron chi connectivity index (χ2n) is 18.6. The summed E-state index contributed by atoms with van der Waals surface area (Å²) in [6.07, 6.45) is 15.6. The standard InChI is InChI=1S/2C12H13F2N3.2C11H23N.2C3H8.C2H6.CH4.CH3.Y/c2*13-12(14)7-3-5-8-4-1-2-6-9(8)10-11(12)16-17-15-10;2*1-4-6-7-12-9-10(3)8-11(12)5-2;2*1-3-2;1-2;;;/h2*1-2,4,6,15-17H,3,5,7H2;2*10-11H,4-9H2,1-3H3;2*3H2,1-2H3;1-2H3;1H4;1H3;/q;;;;;;;;-1;. The van der Waals surface area contributed by atoms with Crippen LogP contribution in [0.2, 0.25) is 0 Å². The number of benzene rings is 2. The fraction of sp³-hybridized carbons (Fsp3) is 0.696. The molecule has 69 heavy (non-hydrogen) atoms. The maximum Gasteiger partial charge on any atom is 0.290 e. The molecule has 13 heteroatoms. The molecule has 0 amide bonds. The number of nitrogens with zero attached hydrogens (tertiary/aromatic N) is 2. The zero-order chi connectivity index (χ0) is 49.1. The van der Waals surface area contributed by atoms with Crippen molar-refractivity contribution in [3.8, 4) is 0 Å². The normalized spacial score (nSPS) is 22.2. The molecule has 2 fully saturated rings. The van der Waals surface area contributed by atoms with E-state index in [9.17, 15) is 17.6 Å². The summed E-state index contributed by atoms with van der Waals surface area (Å²) in [4.78, 5) is 5.38. The van der Waals surface area contributed by atoms with E-state index in [4.69, 9.17) is 0 Å². The quantitative estimate of drug-likeness (QED) is 0.115. The molecule has 6 aliphatic rings. The van der Waals surface area contributed by atoms with Crippen LogP contribution in [0.3, 0.4) is 0 Å². The number of alkyl halides is 4. The molecule has 0 bridgehead atoms. The molecule has 4 heterocycles. The van der Waals surface area contributed by atoms with Gasteiger partial charge in [0.15, 0.2) is 0 Å². The summed E-state index contributed by atoms with van der Waals surface area (Å²) in [6.45, 7) is 31.8. The minimum absolute atomic E-state index is 0. The van der Waals surface area contributed by atoms with E-state index in [0.717, 1.165) is 46.2 Å². The SMILES string of the molecule is C.CC.CCC.CCC.CCCCN1CC(C)CC1CC.CCCCN1CC(C)CC1CC.FC1(F)CCCc2ccccc2C2=C1NNN2.FC1(F)CCCc2ccccc2C2=C1NNN2.[CH3-].[Y]. The first-order chi connectivity index (χ1) is 31.7. The van der Waals surface area contributed by atoms with Gasteiger partial charge in [-0.1, -0.05) is 165 Å². The Morgan fingerprint density at radius 1 is 0.565 bits per heavy atom. The van der Waals surface area contributed by atoms with Crippen LogP contribution in [0.5, 0.6) is 0 Å². The van der Waals surface area contributed by atoms with Gasteiger partial charge in [0.1, 0.15) is 11.4 Å². The van der Waals surface area contributed by atoms with Gasteiger partial charge in [0.05, 0.1) is 11.4 Å². The third-order valence-corrected chi connectivity index (χ3v) is 12.4. The fourth-order valence-electron chi connectivity index (χ4n) is 9.33. The molecule has 0 aromatic heterocycles. The molecule has 2 aliphatic carbocycles. The van der Waals surface area contributed by atoms with Gasteiger partial charge in [-0.2, -0.15) is 28.6 Å². The van der Waals surface area contributed by atoms with Crippen LogP contribution in [-0.4, -0.2) is 59.9 Å². The van der Waals surface area contributed by atoms with Crippen LogP contribution in [0.15, 0.2) is 59.9 Å². The third-order valence-electron chi connectivity index (χ3n) is 12.4. The van der Waals surface area contributed by atoms with E-state index in [1.807, 2.05) is 62.4 Å². The second-order valence-corrected chi connectivity index (χ2v) is 18.6. The second kappa shape index (κ2) is 37.5. The maximum atomic E-state index is 13.9. The number of nitrogens with one attached hydrogen (secondary N) is 6. The summed E-state index contributed by atoms with van der Waals surface area (Å²) < 4.78 is 55.6. The van der Waals surface area contributed by atoms with Gasteiger partial charge in [0.2, 0.25) is 0 Å². The molecule has 4 atom stereocenters. The number of allylic oxidation sites excluding steroid dienone is 2. The zero-order valence-corrected chi connectivity index (χ0v) is 47.9. The zero-order valence-electron chi connectivity index (χ0n) is 45.1. The third kappa shape index (κ3) is 22.2. The van der Waals surface area contributed by atoms with Crippen LogP contribution in [0.1, 0.15) is 203 Å². The molecule has 0 spiro atoms. The summed E-state index contributed by atoms with van der Waals surface area (Å²) in [5.41, 5.74) is 20.5. The number of halogens is 4. The average molecular weight is 1050 g/mol. The van der Waals surface area contributed by atoms with E-state index in [1.165, 1.54) is 90.4 Å². The van der Waals surface area contributed by atoms with Crippen molar-refractivity contribution in [3.05, 3.63) is 89.6 Å². The number of aryl methyl sites for hydroxylation is 2. The summed E-state index contributed by atoms with van der Waals surface area (Å²) in [7, 11) is 0. The minimum atomic E-state index is -2.81. The maximum absolute atomic E-state index is 13.9. The Labute approximate surface area is 446 Å². The molecule has 4 aliphatic heterocycles. The van der Waals surface area contributed by atoms with Crippen LogP contribution in [0, 0.1) is 19.3 Å². The number of hydrogen-bond donors (Lipinski definition) is 6. The first kappa shape index (κ1) is 68.9. The number of hydrogen-bond acceptors (Lipinski definition) is 8. The van der Waals surface area contributed by atoms with Gasteiger partial charge in [0.25, 0.3) is 11.8 Å². The van der Waals surface area contributed by atoms with Gasteiger partial charge in [0, 0.05) is 81.9 Å². The van der Waals surface area contributed by atoms with Crippen molar-refractivity contribution in [3.63, 3.8) is 0 Å². The Balaban J connectivity index is 0. The molecule has 0 saturated carbocycles. The van der Waals surface area contributed by atoms with Gasteiger partial charge >= 0.3 is 0 Å². The van der Waals surface area contributed by atoms with Crippen LogP contribution < -0.4 is 32.8 Å². The largest absolute Gasteiger partial charge is 0.358 e. The van der Waals surface area contributed by atoms with Gasteiger partial charge in [-0.05, 0) is 100 Å². The average Bonchev–Trinajstić information content (AvgIpc) is 4.13. The van der Waals surface area contributed by atoms with E-state index in [2.05, 4.69) is 112 Å². The molecule has 6 N–H and O–H groups in total. The Morgan fingerprint density at radius 2 is 0.899 bits per heavy atom. The van der Waals surface area contributed by atoms with Crippen molar-refractivity contribution in [1.82, 2.24) is 42.6 Å². The van der Waals surface area contributed by atoms with Crippen molar-refractivity contribution in [2.24, 2.45) is 11.8 Å². The van der Waals surface area contributed by atoms with Crippen LogP contribution in [0.25, 0.3) is 11.4 Å². The first-order valence-electron chi connectivity index (χ1n) is 26.2. The van der Waals surface area contributed by atoms with Gasteiger partial charge in [-0.3, -0.25) is 0 Å².